The van der Waals surface area contributed by atoms with E-state index in [1.807, 2.05) is 30.3 Å². The van der Waals surface area contributed by atoms with E-state index < -0.39 is 0 Å². The molecular formula is C25H26ClNO. The number of halogens is 1. The molecule has 0 amide bonds. The normalized spacial score (nSPS) is 15.5. The lowest BCUT2D eigenvalue weighted by Crippen LogP contribution is -2.33. The van der Waals surface area contributed by atoms with E-state index in [0.717, 1.165) is 29.0 Å². The lowest BCUT2D eigenvalue weighted by molar-refractivity contribution is 0.177. The molecule has 144 valence electrons. The predicted octanol–water partition coefficient (Wildman–Crippen LogP) is 6.59. The number of ether oxygens (including phenoxy) is 1. The second-order valence-electron chi connectivity index (χ2n) is 7.61. The molecule has 28 heavy (non-hydrogen) atoms. The Morgan fingerprint density at radius 1 is 0.786 bits per heavy atom. The molecule has 3 aromatic rings. The van der Waals surface area contributed by atoms with Crippen LogP contribution in [0.3, 0.4) is 0 Å². The second-order valence-corrected chi connectivity index (χ2v) is 8.05. The molecule has 1 fully saturated rings. The highest BCUT2D eigenvalue weighted by Gasteiger charge is 2.19. The summed E-state index contributed by atoms with van der Waals surface area (Å²) in [6.45, 7) is 3.31. The molecule has 0 aromatic heterocycles. The van der Waals surface area contributed by atoms with Gasteiger partial charge in [0.2, 0.25) is 0 Å². The van der Waals surface area contributed by atoms with Crippen LogP contribution in [0.1, 0.15) is 24.0 Å². The van der Waals surface area contributed by atoms with Crippen molar-refractivity contribution in [1.29, 1.82) is 0 Å². The van der Waals surface area contributed by atoms with Gasteiger partial charge in [-0.05, 0) is 85.8 Å². The zero-order valence-corrected chi connectivity index (χ0v) is 16.8. The first kappa shape index (κ1) is 19.0. The van der Waals surface area contributed by atoms with Gasteiger partial charge < -0.3 is 4.74 Å². The summed E-state index contributed by atoms with van der Waals surface area (Å²) in [6, 6.07) is 26.8. The van der Waals surface area contributed by atoms with E-state index in [4.69, 9.17) is 16.3 Å². The van der Waals surface area contributed by atoms with Crippen LogP contribution in [0.4, 0.5) is 0 Å². The van der Waals surface area contributed by atoms with Gasteiger partial charge in [-0.25, -0.2) is 0 Å². The lowest BCUT2D eigenvalue weighted by Gasteiger charge is -2.32. The molecule has 1 aliphatic rings. The number of hydrogen-bond acceptors (Lipinski definition) is 2. The third-order valence-electron chi connectivity index (χ3n) is 5.43. The fourth-order valence-electron chi connectivity index (χ4n) is 3.90. The van der Waals surface area contributed by atoms with Crippen molar-refractivity contribution in [2.45, 2.75) is 25.8 Å². The van der Waals surface area contributed by atoms with Gasteiger partial charge in [0, 0.05) is 11.6 Å². The van der Waals surface area contributed by atoms with Crippen molar-refractivity contribution in [3.05, 3.63) is 95.0 Å². The maximum Gasteiger partial charge on any atom is 0.127 e. The van der Waals surface area contributed by atoms with E-state index in [1.54, 1.807) is 0 Å². The van der Waals surface area contributed by atoms with Crippen LogP contribution in [0.5, 0.6) is 11.5 Å². The van der Waals surface area contributed by atoms with Crippen LogP contribution in [0.2, 0.25) is 5.02 Å². The van der Waals surface area contributed by atoms with E-state index in [-0.39, 0.29) is 0 Å². The van der Waals surface area contributed by atoms with Crippen LogP contribution in [0.25, 0.3) is 0 Å². The minimum Gasteiger partial charge on any atom is -0.457 e. The maximum absolute atomic E-state index is 5.97. The summed E-state index contributed by atoms with van der Waals surface area (Å²) in [5.74, 6) is 2.49. The van der Waals surface area contributed by atoms with Crippen LogP contribution < -0.4 is 4.74 Å². The van der Waals surface area contributed by atoms with E-state index in [1.165, 1.54) is 43.5 Å². The fraction of sp³-hybridized carbons (Fsp3) is 0.280. The van der Waals surface area contributed by atoms with Gasteiger partial charge >= 0.3 is 0 Å². The average molecular weight is 392 g/mol. The largest absolute Gasteiger partial charge is 0.457 e. The van der Waals surface area contributed by atoms with Crippen molar-refractivity contribution in [1.82, 2.24) is 4.90 Å². The first-order chi connectivity index (χ1) is 13.7. The van der Waals surface area contributed by atoms with Gasteiger partial charge in [-0.15, -0.1) is 0 Å². The highest BCUT2D eigenvalue weighted by Crippen LogP contribution is 2.26. The standard InChI is InChI=1S/C25H26ClNO/c26-23-9-11-24(12-10-23)28-25-8-4-7-22(18-25)19-27-15-13-21(14-16-27)17-20-5-2-1-3-6-20/h1-12,18,21H,13-17,19H2. The molecule has 0 bridgehead atoms. The highest BCUT2D eigenvalue weighted by molar-refractivity contribution is 6.30. The Morgan fingerprint density at radius 3 is 2.25 bits per heavy atom. The fourth-order valence-corrected chi connectivity index (χ4v) is 4.03. The molecule has 0 N–H and O–H groups in total. The molecule has 1 saturated heterocycles. The number of hydrogen-bond donors (Lipinski definition) is 0. The molecule has 2 nitrogen and oxygen atoms in total. The third kappa shape index (κ3) is 5.37. The number of likely N-dealkylation sites (tertiary alicyclic amines) is 1. The van der Waals surface area contributed by atoms with Gasteiger partial charge in [0.25, 0.3) is 0 Å². The Bertz CT molecular complexity index is 871. The Hall–Kier alpha value is -2.29. The third-order valence-corrected chi connectivity index (χ3v) is 5.68. The minimum atomic E-state index is 0.719. The van der Waals surface area contributed by atoms with E-state index in [2.05, 4.69) is 53.4 Å². The Labute approximate surface area is 172 Å². The number of piperidine rings is 1. The molecule has 0 radical (unpaired) electrons. The molecular weight excluding hydrogens is 366 g/mol. The smallest absolute Gasteiger partial charge is 0.127 e. The zero-order valence-electron chi connectivity index (χ0n) is 16.1. The number of benzene rings is 3. The molecule has 1 aliphatic heterocycles. The molecule has 3 aromatic carbocycles. The summed E-state index contributed by atoms with van der Waals surface area (Å²) >= 11 is 5.94. The summed E-state index contributed by atoms with van der Waals surface area (Å²) in [4.78, 5) is 2.56. The van der Waals surface area contributed by atoms with E-state index in [0.29, 0.717) is 0 Å². The highest BCUT2D eigenvalue weighted by atomic mass is 35.5. The molecule has 0 aliphatic carbocycles. The zero-order chi connectivity index (χ0) is 19.2. The van der Waals surface area contributed by atoms with E-state index >= 15 is 0 Å². The van der Waals surface area contributed by atoms with Crippen molar-refractivity contribution >= 4 is 11.6 Å². The minimum absolute atomic E-state index is 0.719. The monoisotopic (exact) mass is 391 g/mol. The Morgan fingerprint density at radius 2 is 1.50 bits per heavy atom. The van der Waals surface area contributed by atoms with Gasteiger partial charge in [0.05, 0.1) is 0 Å². The second kappa shape index (κ2) is 9.27. The summed E-state index contributed by atoms with van der Waals surface area (Å²) in [6.07, 6.45) is 3.75. The lowest BCUT2D eigenvalue weighted by atomic mass is 9.90. The van der Waals surface area contributed by atoms with Gasteiger partial charge in [-0.1, -0.05) is 54.1 Å². The topological polar surface area (TPSA) is 12.5 Å². The van der Waals surface area contributed by atoms with Crippen molar-refractivity contribution in [3.63, 3.8) is 0 Å². The van der Waals surface area contributed by atoms with Crippen molar-refractivity contribution < 1.29 is 4.74 Å². The molecule has 0 unspecified atom stereocenters. The maximum atomic E-state index is 5.97. The predicted molar refractivity (Wildman–Crippen MR) is 116 cm³/mol. The van der Waals surface area contributed by atoms with Crippen LogP contribution in [-0.2, 0) is 13.0 Å². The SMILES string of the molecule is Clc1ccc(Oc2cccc(CN3CCC(Cc4ccccc4)CC3)c2)cc1. The molecule has 0 spiro atoms. The van der Waals surface area contributed by atoms with Crippen LogP contribution in [-0.4, -0.2) is 18.0 Å². The van der Waals surface area contributed by atoms with Crippen LogP contribution >= 0.6 is 11.6 Å². The van der Waals surface area contributed by atoms with Gasteiger partial charge in [-0.2, -0.15) is 0 Å². The van der Waals surface area contributed by atoms with Crippen molar-refractivity contribution in [2.24, 2.45) is 5.92 Å². The Kier molecular flexibility index (Phi) is 6.31. The van der Waals surface area contributed by atoms with Crippen molar-refractivity contribution in [3.8, 4) is 11.5 Å². The molecule has 0 saturated carbocycles. The first-order valence-corrected chi connectivity index (χ1v) is 10.4. The van der Waals surface area contributed by atoms with Crippen LogP contribution in [0, 0.1) is 5.92 Å². The summed E-state index contributed by atoms with van der Waals surface area (Å²) in [7, 11) is 0. The summed E-state index contributed by atoms with van der Waals surface area (Å²) in [5.41, 5.74) is 2.76. The molecule has 4 rings (SSSR count). The molecule has 0 atom stereocenters. The Balaban J connectivity index is 1.29. The summed E-state index contributed by atoms with van der Waals surface area (Å²) < 4.78 is 5.97. The van der Waals surface area contributed by atoms with E-state index in [9.17, 15) is 0 Å². The van der Waals surface area contributed by atoms with Gasteiger partial charge in [-0.3, -0.25) is 4.90 Å². The molecule has 3 heteroatoms. The van der Waals surface area contributed by atoms with Crippen molar-refractivity contribution in [2.75, 3.05) is 13.1 Å². The summed E-state index contributed by atoms with van der Waals surface area (Å²) in [5, 5.41) is 0.719. The average Bonchev–Trinajstić information content (AvgIpc) is 2.72. The van der Waals surface area contributed by atoms with Crippen LogP contribution in [0.15, 0.2) is 78.9 Å². The number of rotatable bonds is 6. The number of nitrogens with zero attached hydrogens (tertiary/aromatic N) is 1. The first-order valence-electron chi connectivity index (χ1n) is 10.0. The quantitative estimate of drug-likeness (QED) is 0.470. The van der Waals surface area contributed by atoms with Gasteiger partial charge in [0.1, 0.15) is 11.5 Å². The molecule has 1 heterocycles. The van der Waals surface area contributed by atoms with Gasteiger partial charge in [0.15, 0.2) is 0 Å².